The van der Waals surface area contributed by atoms with Crippen LogP contribution >= 0.6 is 11.6 Å². The van der Waals surface area contributed by atoms with Gasteiger partial charge in [0.25, 0.3) is 0 Å². The molecule has 2 aromatic heterocycles. The fourth-order valence-corrected chi connectivity index (χ4v) is 4.74. The molecule has 38 heavy (non-hydrogen) atoms. The third-order valence-electron chi connectivity index (χ3n) is 6.34. The van der Waals surface area contributed by atoms with Crippen LogP contribution in [0.25, 0.3) is 11.3 Å². The lowest BCUT2D eigenvalue weighted by atomic mass is 10.1. The Hall–Kier alpha value is -3.61. The maximum atomic E-state index is 13.4. The lowest BCUT2D eigenvalue weighted by Gasteiger charge is -2.36. The standard InChI is InChI=1S/C25H23ClF3N5O4/c26-19-9-20-23(32-22(19)14-2-1-3-15(8-14)25(27,28)29)34(16-6-7-33(20)11-16)24(37)31-21-5-4-18(10-30-21)38-13-17(36)12-35/h1-5,8-10,16-17,35-36H,6-7,11-13H2,(H,30,31,37)/t16-,17+/m0/s1. The Kier molecular flexibility index (Phi) is 7.03. The number of aliphatic hydroxyl groups is 2. The Morgan fingerprint density at radius 1 is 1.26 bits per heavy atom. The van der Waals surface area contributed by atoms with Crippen LogP contribution in [0.5, 0.6) is 5.75 Å². The number of fused-ring (bicyclic) bond motifs is 4. The van der Waals surface area contributed by atoms with Gasteiger partial charge < -0.3 is 19.8 Å². The summed E-state index contributed by atoms with van der Waals surface area (Å²) in [6, 6.07) is 8.74. The molecule has 200 valence electrons. The highest BCUT2D eigenvalue weighted by molar-refractivity contribution is 6.33. The molecule has 1 saturated heterocycles. The van der Waals surface area contributed by atoms with E-state index in [1.54, 1.807) is 12.1 Å². The molecule has 2 amide bonds. The number of halogens is 4. The fraction of sp³-hybridized carbons (Fsp3) is 0.320. The minimum Gasteiger partial charge on any atom is -0.489 e. The highest BCUT2D eigenvalue weighted by Gasteiger charge is 2.41. The molecule has 0 radical (unpaired) electrons. The van der Waals surface area contributed by atoms with Gasteiger partial charge in [0.2, 0.25) is 0 Å². The summed E-state index contributed by atoms with van der Waals surface area (Å²) in [5.41, 5.74) is 0.119. The Morgan fingerprint density at radius 2 is 2.08 bits per heavy atom. The van der Waals surface area contributed by atoms with Gasteiger partial charge in [-0.1, -0.05) is 23.7 Å². The van der Waals surface area contributed by atoms with Crippen LogP contribution in [0.3, 0.4) is 0 Å². The maximum absolute atomic E-state index is 13.4. The molecule has 2 atom stereocenters. The SMILES string of the molecule is O=C(Nc1ccc(OC[C@H](O)CO)cn1)N1c2nc(-c3cccc(C(F)(F)F)c3)c(Cl)cc2N2CC[C@H]1C2. The van der Waals surface area contributed by atoms with Crippen LogP contribution in [-0.4, -0.2) is 64.7 Å². The molecule has 0 unspecified atom stereocenters. The summed E-state index contributed by atoms with van der Waals surface area (Å²) in [6.07, 6.45) is -3.51. The van der Waals surface area contributed by atoms with E-state index in [9.17, 15) is 23.1 Å². The zero-order valence-corrected chi connectivity index (χ0v) is 20.6. The van der Waals surface area contributed by atoms with E-state index < -0.39 is 30.5 Å². The zero-order valence-electron chi connectivity index (χ0n) is 19.8. The first-order valence-corrected chi connectivity index (χ1v) is 12.1. The Morgan fingerprint density at radius 3 is 2.79 bits per heavy atom. The average molecular weight is 550 g/mol. The lowest BCUT2D eigenvalue weighted by molar-refractivity contribution is -0.137. The van der Waals surface area contributed by atoms with Crippen molar-refractivity contribution in [2.45, 2.75) is 24.7 Å². The highest BCUT2D eigenvalue weighted by Crippen LogP contribution is 2.43. The normalized spacial score (nSPS) is 17.3. The van der Waals surface area contributed by atoms with Gasteiger partial charge >= 0.3 is 12.2 Å². The Labute approximate surface area is 220 Å². The fourth-order valence-electron chi connectivity index (χ4n) is 4.49. The predicted octanol–water partition coefficient (Wildman–Crippen LogP) is 4.18. The highest BCUT2D eigenvalue weighted by atomic mass is 35.5. The van der Waals surface area contributed by atoms with Crippen molar-refractivity contribution in [3.8, 4) is 17.0 Å². The smallest absolute Gasteiger partial charge is 0.416 e. The van der Waals surface area contributed by atoms with Gasteiger partial charge in [0.05, 0.1) is 40.8 Å². The van der Waals surface area contributed by atoms with E-state index in [4.69, 9.17) is 21.4 Å². The van der Waals surface area contributed by atoms with Crippen LogP contribution in [-0.2, 0) is 6.18 Å². The number of urea groups is 1. The number of carbonyl (C=O) groups excluding carboxylic acids is 1. The summed E-state index contributed by atoms with van der Waals surface area (Å²) >= 11 is 6.48. The molecule has 0 spiro atoms. The number of pyridine rings is 2. The van der Waals surface area contributed by atoms with Gasteiger partial charge in [0.1, 0.15) is 24.3 Å². The first-order chi connectivity index (χ1) is 18.1. The number of hydrogen-bond donors (Lipinski definition) is 3. The van der Waals surface area contributed by atoms with E-state index in [1.165, 1.54) is 29.3 Å². The molecule has 9 nitrogen and oxygen atoms in total. The number of ether oxygens (including phenoxy) is 1. The van der Waals surface area contributed by atoms with Crippen molar-refractivity contribution in [2.24, 2.45) is 0 Å². The number of benzene rings is 1. The van der Waals surface area contributed by atoms with Crippen molar-refractivity contribution in [3.63, 3.8) is 0 Å². The van der Waals surface area contributed by atoms with Gasteiger partial charge in [-0.2, -0.15) is 13.2 Å². The number of carbonyl (C=O) groups is 1. The van der Waals surface area contributed by atoms with Gasteiger partial charge in [-0.25, -0.2) is 14.8 Å². The van der Waals surface area contributed by atoms with E-state index in [1.807, 2.05) is 4.90 Å². The number of hydrogen-bond acceptors (Lipinski definition) is 7. The molecule has 0 saturated carbocycles. The molecule has 4 heterocycles. The van der Waals surface area contributed by atoms with Crippen molar-refractivity contribution in [1.29, 1.82) is 0 Å². The molecule has 5 rings (SSSR count). The lowest BCUT2D eigenvalue weighted by Crippen LogP contribution is -2.48. The second-order valence-electron chi connectivity index (χ2n) is 8.96. The third-order valence-corrected chi connectivity index (χ3v) is 6.63. The van der Waals surface area contributed by atoms with Crippen LogP contribution in [0.15, 0.2) is 48.7 Å². The monoisotopic (exact) mass is 549 g/mol. The Balaban J connectivity index is 1.43. The molecule has 13 heteroatoms. The van der Waals surface area contributed by atoms with Crippen molar-refractivity contribution in [2.75, 3.05) is 41.4 Å². The molecule has 1 fully saturated rings. The largest absolute Gasteiger partial charge is 0.489 e. The Bertz CT molecular complexity index is 1340. The van der Waals surface area contributed by atoms with Crippen LogP contribution in [0.4, 0.5) is 35.3 Å². The van der Waals surface area contributed by atoms with E-state index >= 15 is 0 Å². The van der Waals surface area contributed by atoms with Crippen molar-refractivity contribution in [1.82, 2.24) is 9.97 Å². The van der Waals surface area contributed by atoms with Gasteiger partial charge in [-0.15, -0.1) is 0 Å². The summed E-state index contributed by atoms with van der Waals surface area (Å²) in [4.78, 5) is 25.7. The molecule has 2 aliphatic rings. The summed E-state index contributed by atoms with van der Waals surface area (Å²) in [5, 5.41) is 21.2. The summed E-state index contributed by atoms with van der Waals surface area (Å²) in [6.45, 7) is 0.683. The number of nitrogens with one attached hydrogen (secondary N) is 1. The van der Waals surface area contributed by atoms with Gasteiger partial charge in [-0.3, -0.25) is 10.2 Å². The average Bonchev–Trinajstić information content (AvgIpc) is 3.32. The van der Waals surface area contributed by atoms with E-state index in [2.05, 4.69) is 15.3 Å². The molecule has 2 bridgehead atoms. The number of anilines is 3. The summed E-state index contributed by atoms with van der Waals surface area (Å²) < 4.78 is 45.2. The second-order valence-corrected chi connectivity index (χ2v) is 9.36. The van der Waals surface area contributed by atoms with Crippen molar-refractivity contribution < 1.29 is 32.9 Å². The molecule has 1 aromatic carbocycles. The minimum atomic E-state index is -4.53. The quantitative estimate of drug-likeness (QED) is 0.423. The zero-order chi connectivity index (χ0) is 27.0. The molecule has 2 aliphatic heterocycles. The number of rotatable bonds is 6. The van der Waals surface area contributed by atoms with E-state index in [0.29, 0.717) is 36.8 Å². The number of amides is 2. The first-order valence-electron chi connectivity index (χ1n) is 11.7. The summed E-state index contributed by atoms with van der Waals surface area (Å²) in [7, 11) is 0. The van der Waals surface area contributed by atoms with Gasteiger partial charge in [0, 0.05) is 18.7 Å². The number of nitrogens with zero attached hydrogens (tertiary/aromatic N) is 4. The molecule has 0 aliphatic carbocycles. The molecule has 3 N–H and O–H groups in total. The van der Waals surface area contributed by atoms with Crippen LogP contribution in [0, 0.1) is 0 Å². The van der Waals surface area contributed by atoms with Crippen LogP contribution < -0.4 is 19.9 Å². The predicted molar refractivity (Wildman–Crippen MR) is 135 cm³/mol. The first kappa shape index (κ1) is 26.0. The van der Waals surface area contributed by atoms with Gasteiger partial charge in [0.15, 0.2) is 5.82 Å². The number of aliphatic hydroxyl groups excluding tert-OH is 2. The van der Waals surface area contributed by atoms with Gasteiger partial charge in [-0.05, 0) is 36.8 Å². The topological polar surface area (TPSA) is 111 Å². The third kappa shape index (κ3) is 5.19. The van der Waals surface area contributed by atoms with E-state index in [-0.39, 0.29) is 34.7 Å². The number of aromatic nitrogens is 2. The molecular weight excluding hydrogens is 527 g/mol. The van der Waals surface area contributed by atoms with E-state index in [0.717, 1.165) is 12.1 Å². The summed E-state index contributed by atoms with van der Waals surface area (Å²) in [5.74, 6) is 0.873. The number of alkyl halides is 3. The molecule has 3 aromatic rings. The van der Waals surface area contributed by atoms with Crippen LogP contribution in [0.2, 0.25) is 5.02 Å². The van der Waals surface area contributed by atoms with Crippen molar-refractivity contribution in [3.05, 3.63) is 59.2 Å². The van der Waals surface area contributed by atoms with Crippen LogP contribution in [0.1, 0.15) is 12.0 Å². The van der Waals surface area contributed by atoms with Crippen molar-refractivity contribution >= 4 is 35.0 Å². The second kappa shape index (κ2) is 10.3. The maximum Gasteiger partial charge on any atom is 0.416 e. The molecular formula is C25H23ClF3N5O4. The minimum absolute atomic E-state index is 0.116.